The predicted octanol–water partition coefficient (Wildman–Crippen LogP) is 5.18. The summed E-state index contributed by atoms with van der Waals surface area (Å²) in [6.07, 6.45) is 4.81. The quantitative estimate of drug-likeness (QED) is 0.334. The summed E-state index contributed by atoms with van der Waals surface area (Å²) in [5.74, 6) is 0.236. The Hall–Kier alpha value is -3.68. The van der Waals surface area contributed by atoms with Gasteiger partial charge < -0.3 is 25.2 Å². The van der Waals surface area contributed by atoms with Crippen LogP contribution in [-0.4, -0.2) is 73.2 Å². The Bertz CT molecular complexity index is 1200. The Labute approximate surface area is 250 Å². The van der Waals surface area contributed by atoms with Gasteiger partial charge in [-0.1, -0.05) is 97.4 Å². The molecule has 2 saturated heterocycles. The highest BCUT2D eigenvalue weighted by Gasteiger charge is 2.33. The van der Waals surface area contributed by atoms with Gasteiger partial charge in [0.25, 0.3) is 0 Å². The molecule has 0 aromatic heterocycles. The van der Waals surface area contributed by atoms with Gasteiger partial charge >= 0.3 is 6.09 Å². The van der Waals surface area contributed by atoms with E-state index in [1.807, 2.05) is 47.4 Å². The highest BCUT2D eigenvalue weighted by molar-refractivity contribution is 5.82. The van der Waals surface area contributed by atoms with E-state index in [0.717, 1.165) is 38.0 Å². The zero-order valence-corrected chi connectivity index (χ0v) is 24.5. The number of hydrogen-bond donors (Lipinski definition) is 2. The number of rotatable bonds is 11. The number of likely N-dealkylation sites (tertiary alicyclic amines) is 1. The molecule has 2 fully saturated rings. The van der Waals surface area contributed by atoms with Crippen LogP contribution in [0, 0.1) is 0 Å². The van der Waals surface area contributed by atoms with Crippen molar-refractivity contribution in [3.8, 4) is 0 Å². The van der Waals surface area contributed by atoms with Crippen molar-refractivity contribution in [1.82, 2.24) is 20.4 Å². The first-order valence-corrected chi connectivity index (χ1v) is 15.5. The minimum atomic E-state index is -0.439. The fourth-order valence-electron chi connectivity index (χ4n) is 6.10. The van der Waals surface area contributed by atoms with Crippen molar-refractivity contribution in [3.63, 3.8) is 0 Å². The van der Waals surface area contributed by atoms with Gasteiger partial charge in [0, 0.05) is 38.1 Å². The van der Waals surface area contributed by atoms with Gasteiger partial charge in [-0.15, -0.1) is 0 Å². The lowest BCUT2D eigenvalue weighted by Gasteiger charge is -2.31. The summed E-state index contributed by atoms with van der Waals surface area (Å²) < 4.78 is 5.44. The van der Waals surface area contributed by atoms with Gasteiger partial charge in [-0.05, 0) is 55.5 Å². The second-order valence-electron chi connectivity index (χ2n) is 11.5. The summed E-state index contributed by atoms with van der Waals surface area (Å²) in [6, 6.07) is 30.3. The van der Waals surface area contributed by atoms with Gasteiger partial charge in [0.2, 0.25) is 5.91 Å². The van der Waals surface area contributed by atoms with Crippen molar-refractivity contribution in [2.75, 3.05) is 39.3 Å². The molecule has 2 heterocycles. The van der Waals surface area contributed by atoms with E-state index in [-0.39, 0.29) is 30.5 Å². The third kappa shape index (κ3) is 8.66. The third-order valence-corrected chi connectivity index (χ3v) is 8.49. The number of nitrogens with one attached hydrogen (secondary N) is 2. The van der Waals surface area contributed by atoms with Crippen LogP contribution in [-0.2, 0) is 16.1 Å². The van der Waals surface area contributed by atoms with Gasteiger partial charge in [-0.2, -0.15) is 0 Å². The molecule has 222 valence electrons. The van der Waals surface area contributed by atoms with E-state index in [9.17, 15) is 9.59 Å². The number of carbonyl (C=O) groups is 2. The number of alkyl carbamates (subject to hydrolysis) is 1. The number of nitrogens with zero attached hydrogens (tertiary/aromatic N) is 2. The molecule has 0 radical (unpaired) electrons. The average molecular weight is 569 g/mol. The molecular weight excluding hydrogens is 524 g/mol. The van der Waals surface area contributed by atoms with Crippen LogP contribution in [0.2, 0.25) is 0 Å². The Kier molecular flexibility index (Phi) is 11.0. The van der Waals surface area contributed by atoms with Gasteiger partial charge in [0.1, 0.15) is 6.61 Å². The van der Waals surface area contributed by atoms with E-state index in [4.69, 9.17) is 4.74 Å². The average Bonchev–Trinajstić information content (AvgIpc) is 3.20. The lowest BCUT2D eigenvalue weighted by molar-refractivity contribution is -0.133. The molecular formula is C35H44N4O3. The fourth-order valence-corrected chi connectivity index (χ4v) is 6.10. The van der Waals surface area contributed by atoms with Gasteiger partial charge in [-0.3, -0.25) is 4.79 Å². The second kappa shape index (κ2) is 15.5. The molecule has 0 spiro atoms. The van der Waals surface area contributed by atoms with E-state index >= 15 is 0 Å². The number of hydrogen-bond acceptors (Lipinski definition) is 5. The smallest absolute Gasteiger partial charge is 0.407 e. The van der Waals surface area contributed by atoms with Crippen molar-refractivity contribution >= 4 is 12.0 Å². The van der Waals surface area contributed by atoms with Crippen molar-refractivity contribution < 1.29 is 14.3 Å². The number of amides is 2. The molecule has 2 N–H and O–H groups in total. The summed E-state index contributed by atoms with van der Waals surface area (Å²) in [4.78, 5) is 31.1. The normalized spacial score (nSPS) is 19.8. The first kappa shape index (κ1) is 29.8. The van der Waals surface area contributed by atoms with E-state index in [0.29, 0.717) is 19.6 Å². The van der Waals surface area contributed by atoms with Crippen LogP contribution < -0.4 is 10.6 Å². The topological polar surface area (TPSA) is 73.9 Å². The van der Waals surface area contributed by atoms with Crippen LogP contribution in [0.3, 0.4) is 0 Å². The van der Waals surface area contributed by atoms with Crippen LogP contribution in [0.25, 0.3) is 0 Å². The van der Waals surface area contributed by atoms with Crippen LogP contribution in [0.15, 0.2) is 91.0 Å². The van der Waals surface area contributed by atoms with Crippen molar-refractivity contribution in [3.05, 3.63) is 108 Å². The fraction of sp³-hybridized carbons (Fsp3) is 0.429. The first-order valence-electron chi connectivity index (χ1n) is 15.5. The molecule has 2 atom stereocenters. The zero-order chi connectivity index (χ0) is 29.0. The third-order valence-electron chi connectivity index (χ3n) is 8.49. The van der Waals surface area contributed by atoms with Crippen LogP contribution in [0.1, 0.15) is 54.7 Å². The molecule has 2 unspecified atom stereocenters. The summed E-state index contributed by atoms with van der Waals surface area (Å²) in [6.45, 7) is 5.00. The molecule has 7 heteroatoms. The largest absolute Gasteiger partial charge is 0.445 e. The highest BCUT2D eigenvalue weighted by Crippen LogP contribution is 2.27. The van der Waals surface area contributed by atoms with Crippen LogP contribution >= 0.6 is 0 Å². The Morgan fingerprint density at radius 3 is 2.12 bits per heavy atom. The Balaban J connectivity index is 1.26. The summed E-state index contributed by atoms with van der Waals surface area (Å²) >= 11 is 0. The van der Waals surface area contributed by atoms with Crippen molar-refractivity contribution in [2.45, 2.75) is 56.7 Å². The molecule has 5 rings (SSSR count). The summed E-state index contributed by atoms with van der Waals surface area (Å²) in [5.41, 5.74) is 3.36. The van der Waals surface area contributed by atoms with E-state index in [2.05, 4.69) is 64.1 Å². The molecule has 0 saturated carbocycles. The maximum atomic E-state index is 14.1. The SMILES string of the molecule is O=C(NCC1CCN(CC(c2ccccc2)c2ccccc2)C(=O)C(CCN2CCCCC2)N1)OCc1ccccc1. The van der Waals surface area contributed by atoms with Gasteiger partial charge in [-0.25, -0.2) is 4.79 Å². The van der Waals surface area contributed by atoms with E-state index < -0.39 is 6.09 Å². The predicted molar refractivity (Wildman–Crippen MR) is 166 cm³/mol. The lowest BCUT2D eigenvalue weighted by atomic mass is 9.90. The lowest BCUT2D eigenvalue weighted by Crippen LogP contribution is -2.50. The molecule has 0 aliphatic carbocycles. The molecule has 3 aromatic carbocycles. The second-order valence-corrected chi connectivity index (χ2v) is 11.5. The maximum Gasteiger partial charge on any atom is 0.407 e. The number of piperidine rings is 1. The minimum absolute atomic E-state index is 0.0264. The van der Waals surface area contributed by atoms with Crippen molar-refractivity contribution in [1.29, 1.82) is 0 Å². The minimum Gasteiger partial charge on any atom is -0.445 e. The molecule has 7 nitrogen and oxygen atoms in total. The standard InChI is InChI=1S/C35H44N4O3/c40-34-33(20-23-38-21-11-4-12-22-38)37-31(25-36-35(41)42-27-28-13-5-1-6-14-28)19-24-39(34)26-32(29-15-7-2-8-16-29)30-17-9-3-10-18-30/h1-3,5-10,13-18,31-33,37H,4,11-12,19-27H2,(H,36,41). The molecule has 2 aliphatic rings. The van der Waals surface area contributed by atoms with Gasteiger partial charge in [0.05, 0.1) is 6.04 Å². The first-order chi connectivity index (χ1) is 20.7. The maximum absolute atomic E-state index is 14.1. The molecule has 42 heavy (non-hydrogen) atoms. The number of benzene rings is 3. The van der Waals surface area contributed by atoms with E-state index in [1.165, 1.54) is 30.4 Å². The van der Waals surface area contributed by atoms with E-state index in [1.54, 1.807) is 0 Å². The summed E-state index contributed by atoms with van der Waals surface area (Å²) in [7, 11) is 0. The monoisotopic (exact) mass is 568 g/mol. The molecule has 2 aliphatic heterocycles. The van der Waals surface area contributed by atoms with Crippen LogP contribution in [0.4, 0.5) is 4.79 Å². The van der Waals surface area contributed by atoms with Crippen molar-refractivity contribution in [2.24, 2.45) is 0 Å². The summed E-state index contributed by atoms with van der Waals surface area (Å²) in [5, 5.41) is 6.56. The number of ether oxygens (including phenoxy) is 1. The Morgan fingerprint density at radius 1 is 0.857 bits per heavy atom. The van der Waals surface area contributed by atoms with Gasteiger partial charge in [0.15, 0.2) is 0 Å². The molecule has 3 aromatic rings. The molecule has 2 amide bonds. The Morgan fingerprint density at radius 2 is 1.48 bits per heavy atom. The molecule has 0 bridgehead atoms. The van der Waals surface area contributed by atoms with Crippen LogP contribution in [0.5, 0.6) is 0 Å². The number of carbonyl (C=O) groups excluding carboxylic acids is 2. The zero-order valence-electron chi connectivity index (χ0n) is 24.5. The highest BCUT2D eigenvalue weighted by atomic mass is 16.5.